The lowest BCUT2D eigenvalue weighted by molar-refractivity contribution is -0.136. The first kappa shape index (κ1) is 22.0. The highest BCUT2D eigenvalue weighted by atomic mass is 79.9. The fraction of sp³-hybridized carbons (Fsp3) is 0.348. The van der Waals surface area contributed by atoms with Crippen LogP contribution in [-0.2, 0) is 17.8 Å². The largest absolute Gasteiger partial charge is 0.483 e. The maximum absolute atomic E-state index is 12.8. The van der Waals surface area contributed by atoms with Gasteiger partial charge in [0.05, 0.1) is 4.47 Å². The van der Waals surface area contributed by atoms with Gasteiger partial charge in [-0.3, -0.25) is 4.79 Å². The number of aryl methyl sites for hydroxylation is 2. The van der Waals surface area contributed by atoms with Crippen molar-refractivity contribution in [2.75, 3.05) is 6.61 Å². The average molecular weight is 472 g/mol. The summed E-state index contributed by atoms with van der Waals surface area (Å²) in [7, 11) is 0. The minimum Gasteiger partial charge on any atom is -0.483 e. The van der Waals surface area contributed by atoms with Crippen LogP contribution >= 0.6 is 15.9 Å². The maximum Gasteiger partial charge on any atom is 0.261 e. The Kier molecular flexibility index (Phi) is 7.26. The second-order valence-corrected chi connectivity index (χ2v) is 8.25. The Balaban J connectivity index is 1.65. The lowest BCUT2D eigenvalue weighted by atomic mass is 10.1. The van der Waals surface area contributed by atoms with Gasteiger partial charge in [-0.05, 0) is 60.8 Å². The predicted molar refractivity (Wildman–Crippen MR) is 119 cm³/mol. The molecular formula is C23H26BrN3O3. The molecule has 0 aliphatic heterocycles. The molecule has 7 heteroatoms. The van der Waals surface area contributed by atoms with Crippen molar-refractivity contribution in [3.05, 3.63) is 64.0 Å². The zero-order valence-electron chi connectivity index (χ0n) is 17.7. The summed E-state index contributed by atoms with van der Waals surface area (Å²) in [5.74, 6) is 1.40. The molecule has 1 amide bonds. The fourth-order valence-corrected chi connectivity index (χ4v) is 3.49. The van der Waals surface area contributed by atoms with Gasteiger partial charge in [0.15, 0.2) is 6.61 Å². The minimum absolute atomic E-state index is 0.0401. The van der Waals surface area contributed by atoms with E-state index in [9.17, 15) is 4.79 Å². The third-order valence-corrected chi connectivity index (χ3v) is 5.40. The first-order valence-electron chi connectivity index (χ1n) is 9.97. The van der Waals surface area contributed by atoms with Gasteiger partial charge >= 0.3 is 0 Å². The van der Waals surface area contributed by atoms with E-state index >= 15 is 0 Å². The van der Waals surface area contributed by atoms with Crippen LogP contribution in [0, 0.1) is 6.92 Å². The van der Waals surface area contributed by atoms with E-state index in [4.69, 9.17) is 9.26 Å². The molecule has 3 rings (SSSR count). The molecule has 30 heavy (non-hydrogen) atoms. The van der Waals surface area contributed by atoms with Gasteiger partial charge in [0.25, 0.3) is 5.91 Å². The number of amides is 1. The molecule has 158 valence electrons. The third kappa shape index (κ3) is 5.48. The van der Waals surface area contributed by atoms with E-state index in [1.54, 1.807) is 4.90 Å². The highest BCUT2D eigenvalue weighted by Crippen LogP contribution is 2.26. The molecule has 0 fully saturated rings. The van der Waals surface area contributed by atoms with Gasteiger partial charge in [-0.15, -0.1) is 0 Å². The van der Waals surface area contributed by atoms with Crippen LogP contribution in [-0.4, -0.2) is 33.6 Å². The van der Waals surface area contributed by atoms with Crippen LogP contribution in [0.4, 0.5) is 0 Å². The number of hydrogen-bond donors (Lipinski definition) is 0. The summed E-state index contributed by atoms with van der Waals surface area (Å²) in [6.45, 7) is 8.17. The van der Waals surface area contributed by atoms with Crippen LogP contribution in [0.15, 0.2) is 51.5 Å². The Morgan fingerprint density at radius 2 is 1.93 bits per heavy atom. The summed E-state index contributed by atoms with van der Waals surface area (Å²) < 4.78 is 12.0. The van der Waals surface area contributed by atoms with Crippen molar-refractivity contribution in [3.8, 4) is 17.1 Å². The number of halogens is 1. The summed E-state index contributed by atoms with van der Waals surface area (Å²) >= 11 is 3.50. The lowest BCUT2D eigenvalue weighted by Gasteiger charge is -2.25. The van der Waals surface area contributed by atoms with Gasteiger partial charge < -0.3 is 14.2 Å². The highest BCUT2D eigenvalue weighted by molar-refractivity contribution is 9.10. The molecule has 0 atom stereocenters. The molecule has 0 N–H and O–H groups in total. The Morgan fingerprint density at radius 1 is 1.20 bits per heavy atom. The number of ether oxygens (including phenoxy) is 1. The van der Waals surface area contributed by atoms with Crippen LogP contribution < -0.4 is 4.74 Å². The number of hydrogen-bond acceptors (Lipinski definition) is 5. The van der Waals surface area contributed by atoms with Crippen molar-refractivity contribution in [2.45, 2.75) is 46.7 Å². The van der Waals surface area contributed by atoms with Crippen LogP contribution in [0.25, 0.3) is 11.4 Å². The standard InChI is InChI=1S/C23H26BrN3O3/c1-5-17-8-11-20(19(24)12-17)29-14-22(28)27(15(2)3)13-21-25-23(26-30-21)18-9-6-16(4)7-10-18/h6-12,15H,5,13-14H2,1-4H3. The van der Waals surface area contributed by atoms with E-state index < -0.39 is 0 Å². The van der Waals surface area contributed by atoms with Crippen molar-refractivity contribution >= 4 is 21.8 Å². The molecule has 6 nitrogen and oxygen atoms in total. The van der Waals surface area contributed by atoms with Crippen LogP contribution in [0.5, 0.6) is 5.75 Å². The Hall–Kier alpha value is -2.67. The fourth-order valence-electron chi connectivity index (χ4n) is 2.95. The van der Waals surface area contributed by atoms with Gasteiger partial charge in [0, 0.05) is 11.6 Å². The molecule has 0 bridgehead atoms. The lowest BCUT2D eigenvalue weighted by Crippen LogP contribution is -2.39. The Bertz CT molecular complexity index is 999. The normalized spacial score (nSPS) is 11.0. The van der Waals surface area contributed by atoms with E-state index in [0.717, 1.165) is 22.0 Å². The molecule has 0 aliphatic carbocycles. The SMILES string of the molecule is CCc1ccc(OCC(=O)N(Cc2nc(-c3ccc(C)cc3)no2)C(C)C)c(Br)c1. The van der Waals surface area contributed by atoms with Crippen molar-refractivity contribution in [1.29, 1.82) is 0 Å². The predicted octanol–water partition coefficient (Wildman–Crippen LogP) is 5.19. The number of carbonyl (C=O) groups excluding carboxylic acids is 1. The minimum atomic E-state index is -0.147. The van der Waals surface area contributed by atoms with Gasteiger partial charge in [-0.2, -0.15) is 4.98 Å². The smallest absolute Gasteiger partial charge is 0.261 e. The van der Waals surface area contributed by atoms with E-state index in [1.165, 1.54) is 5.56 Å². The van der Waals surface area contributed by atoms with Crippen molar-refractivity contribution in [2.24, 2.45) is 0 Å². The highest BCUT2D eigenvalue weighted by Gasteiger charge is 2.21. The number of nitrogens with zero attached hydrogens (tertiary/aromatic N) is 3. The first-order chi connectivity index (χ1) is 14.4. The number of carbonyl (C=O) groups is 1. The molecule has 2 aromatic carbocycles. The first-order valence-corrected chi connectivity index (χ1v) is 10.8. The number of rotatable bonds is 8. The second-order valence-electron chi connectivity index (χ2n) is 7.40. The molecule has 0 saturated heterocycles. The second kappa shape index (κ2) is 9.89. The van der Waals surface area contributed by atoms with Crippen molar-refractivity contribution in [1.82, 2.24) is 15.0 Å². The zero-order valence-corrected chi connectivity index (χ0v) is 19.3. The van der Waals surface area contributed by atoms with Gasteiger partial charge in [0.2, 0.25) is 11.7 Å². The molecule has 3 aromatic rings. The number of benzene rings is 2. The van der Waals surface area contributed by atoms with Gasteiger partial charge in [-0.1, -0.05) is 48.0 Å². The van der Waals surface area contributed by atoms with Gasteiger partial charge in [0.1, 0.15) is 12.3 Å². The summed E-state index contributed by atoms with van der Waals surface area (Å²) in [4.78, 5) is 18.9. The molecule has 0 aliphatic rings. The Morgan fingerprint density at radius 3 is 2.57 bits per heavy atom. The average Bonchev–Trinajstić information content (AvgIpc) is 3.19. The molecular weight excluding hydrogens is 446 g/mol. The van der Waals surface area contributed by atoms with E-state index in [0.29, 0.717) is 17.5 Å². The molecule has 0 spiro atoms. The summed E-state index contributed by atoms with van der Waals surface area (Å²) in [5, 5.41) is 4.05. The maximum atomic E-state index is 12.8. The Labute approximate surface area is 185 Å². The van der Waals surface area contributed by atoms with Crippen LogP contribution in [0.1, 0.15) is 37.8 Å². The molecule has 1 aromatic heterocycles. The topological polar surface area (TPSA) is 68.5 Å². The molecule has 0 radical (unpaired) electrons. The monoisotopic (exact) mass is 471 g/mol. The van der Waals surface area contributed by atoms with E-state index in [1.807, 2.05) is 63.2 Å². The zero-order chi connectivity index (χ0) is 21.7. The van der Waals surface area contributed by atoms with Crippen molar-refractivity contribution in [3.63, 3.8) is 0 Å². The number of aromatic nitrogens is 2. The van der Waals surface area contributed by atoms with E-state index in [-0.39, 0.29) is 25.1 Å². The molecule has 1 heterocycles. The summed E-state index contributed by atoms with van der Waals surface area (Å²) in [6, 6.07) is 13.7. The van der Waals surface area contributed by atoms with Gasteiger partial charge in [-0.25, -0.2) is 0 Å². The van der Waals surface area contributed by atoms with E-state index in [2.05, 4.69) is 33.0 Å². The van der Waals surface area contributed by atoms with Crippen molar-refractivity contribution < 1.29 is 14.1 Å². The van der Waals surface area contributed by atoms with Crippen LogP contribution in [0.3, 0.4) is 0 Å². The molecule has 0 unspecified atom stereocenters. The quantitative estimate of drug-likeness (QED) is 0.452. The summed E-state index contributed by atoms with van der Waals surface area (Å²) in [6.07, 6.45) is 0.938. The summed E-state index contributed by atoms with van der Waals surface area (Å²) in [5.41, 5.74) is 3.24. The third-order valence-electron chi connectivity index (χ3n) is 4.78. The molecule has 0 saturated carbocycles. The van der Waals surface area contributed by atoms with Crippen LogP contribution in [0.2, 0.25) is 0 Å².